The van der Waals surface area contributed by atoms with Crippen molar-refractivity contribution in [2.75, 3.05) is 20.1 Å². The van der Waals surface area contributed by atoms with E-state index < -0.39 is 0 Å². The molecule has 62 valence electrons. The molecule has 0 aromatic rings. The van der Waals surface area contributed by atoms with Crippen LogP contribution in [0.5, 0.6) is 0 Å². The SMILES string of the molecule is CCC1CCN(C)CC1.Cl. The van der Waals surface area contributed by atoms with Crippen LogP contribution in [0.25, 0.3) is 0 Å². The molecule has 1 rings (SSSR count). The largest absolute Gasteiger partial charge is 0.306 e. The summed E-state index contributed by atoms with van der Waals surface area (Å²) in [5.74, 6) is 1.03. The number of rotatable bonds is 1. The highest BCUT2D eigenvalue weighted by atomic mass is 35.5. The third kappa shape index (κ3) is 2.89. The lowest BCUT2D eigenvalue weighted by Crippen LogP contribution is -2.29. The second-order valence-corrected chi connectivity index (χ2v) is 3.15. The van der Waals surface area contributed by atoms with Crippen molar-refractivity contribution in [3.05, 3.63) is 0 Å². The first-order valence-electron chi connectivity index (χ1n) is 4.01. The molecule has 0 atom stereocenters. The van der Waals surface area contributed by atoms with E-state index in [9.17, 15) is 0 Å². The van der Waals surface area contributed by atoms with Gasteiger partial charge in [-0.3, -0.25) is 0 Å². The van der Waals surface area contributed by atoms with Crippen molar-refractivity contribution < 1.29 is 0 Å². The molecule has 1 aliphatic rings. The van der Waals surface area contributed by atoms with Gasteiger partial charge in [0.25, 0.3) is 0 Å². The summed E-state index contributed by atoms with van der Waals surface area (Å²) in [6.45, 7) is 4.94. The summed E-state index contributed by atoms with van der Waals surface area (Å²) in [6.07, 6.45) is 4.23. The Hall–Kier alpha value is 0.250. The lowest BCUT2D eigenvalue weighted by molar-refractivity contribution is 0.216. The Morgan fingerprint density at radius 1 is 1.30 bits per heavy atom. The van der Waals surface area contributed by atoms with Gasteiger partial charge in [0, 0.05) is 0 Å². The zero-order valence-electron chi connectivity index (χ0n) is 6.97. The van der Waals surface area contributed by atoms with Crippen LogP contribution in [-0.4, -0.2) is 25.0 Å². The fraction of sp³-hybridized carbons (Fsp3) is 1.00. The molecule has 2 heteroatoms. The highest BCUT2D eigenvalue weighted by Crippen LogP contribution is 2.18. The van der Waals surface area contributed by atoms with Gasteiger partial charge in [0.05, 0.1) is 0 Å². The third-order valence-electron chi connectivity index (χ3n) is 2.42. The Balaban J connectivity index is 0.000000810. The predicted octanol–water partition coefficient (Wildman–Crippen LogP) is 2.16. The summed E-state index contributed by atoms with van der Waals surface area (Å²) in [6, 6.07) is 0. The zero-order valence-corrected chi connectivity index (χ0v) is 7.78. The molecule has 1 heterocycles. The van der Waals surface area contributed by atoms with Crippen LogP contribution in [0, 0.1) is 5.92 Å². The van der Waals surface area contributed by atoms with Crippen LogP contribution in [0.1, 0.15) is 26.2 Å². The molecule has 10 heavy (non-hydrogen) atoms. The van der Waals surface area contributed by atoms with Gasteiger partial charge in [-0.2, -0.15) is 0 Å². The van der Waals surface area contributed by atoms with Crippen LogP contribution < -0.4 is 0 Å². The topological polar surface area (TPSA) is 3.24 Å². The van der Waals surface area contributed by atoms with Gasteiger partial charge in [-0.1, -0.05) is 13.3 Å². The molecule has 0 radical (unpaired) electrons. The lowest BCUT2D eigenvalue weighted by Gasteiger charge is -2.27. The first kappa shape index (κ1) is 10.2. The molecule has 0 spiro atoms. The smallest absolute Gasteiger partial charge is 0.00191 e. The van der Waals surface area contributed by atoms with E-state index in [1.807, 2.05) is 0 Å². The highest BCUT2D eigenvalue weighted by molar-refractivity contribution is 5.85. The van der Waals surface area contributed by atoms with Crippen molar-refractivity contribution in [1.82, 2.24) is 4.90 Å². The molecule has 0 unspecified atom stereocenters. The minimum Gasteiger partial charge on any atom is -0.306 e. The molecule has 0 aliphatic carbocycles. The van der Waals surface area contributed by atoms with E-state index in [1.54, 1.807) is 0 Å². The van der Waals surface area contributed by atoms with Crippen molar-refractivity contribution in [3.8, 4) is 0 Å². The Morgan fingerprint density at radius 3 is 2.20 bits per heavy atom. The van der Waals surface area contributed by atoms with Crippen molar-refractivity contribution in [2.45, 2.75) is 26.2 Å². The molecule has 0 amide bonds. The zero-order chi connectivity index (χ0) is 6.69. The average Bonchev–Trinajstić information content (AvgIpc) is 1.90. The van der Waals surface area contributed by atoms with Crippen molar-refractivity contribution in [1.29, 1.82) is 0 Å². The second kappa shape index (κ2) is 4.97. The Bertz CT molecular complexity index is 77.3. The van der Waals surface area contributed by atoms with Crippen LogP contribution in [0.15, 0.2) is 0 Å². The van der Waals surface area contributed by atoms with Gasteiger partial charge in [0.15, 0.2) is 0 Å². The fourth-order valence-corrected chi connectivity index (χ4v) is 1.47. The first-order chi connectivity index (χ1) is 4.33. The maximum atomic E-state index is 2.42. The van der Waals surface area contributed by atoms with Crippen LogP contribution in [0.3, 0.4) is 0 Å². The maximum Gasteiger partial charge on any atom is -0.00191 e. The molecule has 1 aliphatic heterocycles. The fourth-order valence-electron chi connectivity index (χ4n) is 1.47. The van der Waals surface area contributed by atoms with Crippen LogP contribution >= 0.6 is 12.4 Å². The Morgan fingerprint density at radius 2 is 1.80 bits per heavy atom. The summed E-state index contributed by atoms with van der Waals surface area (Å²) < 4.78 is 0. The van der Waals surface area contributed by atoms with Gasteiger partial charge < -0.3 is 4.90 Å². The molecule has 1 nitrogen and oxygen atoms in total. The van der Waals surface area contributed by atoms with Gasteiger partial charge in [-0.15, -0.1) is 12.4 Å². The quantitative estimate of drug-likeness (QED) is 0.573. The van der Waals surface area contributed by atoms with Gasteiger partial charge in [-0.05, 0) is 38.9 Å². The summed E-state index contributed by atoms with van der Waals surface area (Å²) >= 11 is 0. The van der Waals surface area contributed by atoms with E-state index in [1.165, 1.54) is 32.4 Å². The molecule has 1 fully saturated rings. The number of hydrogen-bond donors (Lipinski definition) is 0. The van der Waals surface area contributed by atoms with Gasteiger partial charge in [0.2, 0.25) is 0 Å². The average molecular weight is 164 g/mol. The van der Waals surface area contributed by atoms with Crippen molar-refractivity contribution in [2.24, 2.45) is 5.92 Å². The summed E-state index contributed by atoms with van der Waals surface area (Å²) in [5, 5.41) is 0. The maximum absolute atomic E-state index is 2.42. The Labute approximate surface area is 70.2 Å². The highest BCUT2D eigenvalue weighted by Gasteiger charge is 2.13. The minimum absolute atomic E-state index is 0. The van der Waals surface area contributed by atoms with Crippen LogP contribution in [-0.2, 0) is 0 Å². The van der Waals surface area contributed by atoms with E-state index in [-0.39, 0.29) is 12.4 Å². The van der Waals surface area contributed by atoms with Crippen LogP contribution in [0.2, 0.25) is 0 Å². The molecule has 0 bridgehead atoms. The molecule has 0 aromatic heterocycles. The van der Waals surface area contributed by atoms with E-state index in [0.29, 0.717) is 0 Å². The minimum atomic E-state index is 0. The molecular formula is C8H18ClN. The molecule has 1 saturated heterocycles. The number of halogens is 1. The van der Waals surface area contributed by atoms with Crippen molar-refractivity contribution >= 4 is 12.4 Å². The number of hydrogen-bond acceptors (Lipinski definition) is 1. The van der Waals surface area contributed by atoms with Gasteiger partial charge in [0.1, 0.15) is 0 Å². The monoisotopic (exact) mass is 163 g/mol. The number of piperidine rings is 1. The van der Waals surface area contributed by atoms with E-state index >= 15 is 0 Å². The van der Waals surface area contributed by atoms with E-state index in [2.05, 4.69) is 18.9 Å². The molecule has 0 N–H and O–H groups in total. The van der Waals surface area contributed by atoms with E-state index in [0.717, 1.165) is 5.92 Å². The summed E-state index contributed by atoms with van der Waals surface area (Å²) in [5.41, 5.74) is 0. The van der Waals surface area contributed by atoms with Crippen LogP contribution in [0.4, 0.5) is 0 Å². The molecular weight excluding hydrogens is 146 g/mol. The van der Waals surface area contributed by atoms with Gasteiger partial charge >= 0.3 is 0 Å². The standard InChI is InChI=1S/C8H17N.ClH/c1-3-8-4-6-9(2)7-5-8;/h8H,3-7H2,1-2H3;1H. The molecule has 0 saturated carbocycles. The summed E-state index contributed by atoms with van der Waals surface area (Å²) in [4.78, 5) is 2.42. The first-order valence-corrected chi connectivity index (χ1v) is 4.01. The number of nitrogens with zero attached hydrogens (tertiary/aromatic N) is 1. The Kier molecular flexibility index (Phi) is 5.10. The van der Waals surface area contributed by atoms with Crippen molar-refractivity contribution in [3.63, 3.8) is 0 Å². The third-order valence-corrected chi connectivity index (χ3v) is 2.42. The summed E-state index contributed by atoms with van der Waals surface area (Å²) in [7, 11) is 2.21. The lowest BCUT2D eigenvalue weighted by atomic mass is 9.95. The van der Waals surface area contributed by atoms with E-state index in [4.69, 9.17) is 0 Å². The normalized spacial score (nSPS) is 22.2. The van der Waals surface area contributed by atoms with Gasteiger partial charge in [-0.25, -0.2) is 0 Å². The number of likely N-dealkylation sites (tertiary alicyclic amines) is 1. The molecule has 0 aromatic carbocycles. The predicted molar refractivity (Wildman–Crippen MR) is 47.8 cm³/mol. The second-order valence-electron chi connectivity index (χ2n) is 3.15.